The lowest BCUT2D eigenvalue weighted by molar-refractivity contribution is 0.100. The topological polar surface area (TPSA) is 79.4 Å². The van der Waals surface area contributed by atoms with Crippen LogP contribution in [-0.2, 0) is 10.5 Å². The third-order valence-electron chi connectivity index (χ3n) is 1.97. The largest absolute Gasteiger partial charge is 0.350 e. The first kappa shape index (κ1) is 11.0. The zero-order valence-electron chi connectivity index (χ0n) is 7.77. The van der Waals surface area contributed by atoms with E-state index in [0.29, 0.717) is 0 Å². The second-order valence-corrected chi connectivity index (χ2v) is 4.56. The highest BCUT2D eigenvalue weighted by Crippen LogP contribution is 2.20. The highest BCUT2D eigenvalue weighted by molar-refractivity contribution is 9.10. The van der Waals surface area contributed by atoms with E-state index in [9.17, 15) is 13.2 Å². The number of nitrogens with zero attached hydrogens (tertiary/aromatic N) is 1. The summed E-state index contributed by atoms with van der Waals surface area (Å²) in [5.41, 5.74) is 0.899. The maximum absolute atomic E-state index is 11.3. The zero-order chi connectivity index (χ0) is 11.7. The molecule has 16 heavy (non-hydrogen) atoms. The van der Waals surface area contributed by atoms with Crippen molar-refractivity contribution in [3.05, 3.63) is 34.4 Å². The third kappa shape index (κ3) is 2.20. The molecule has 1 aromatic carbocycles. The Hall–Kier alpha value is -1.47. The molecule has 2 aromatic rings. The van der Waals surface area contributed by atoms with Gasteiger partial charge >= 0.3 is 16.4 Å². The minimum absolute atomic E-state index is 0.150. The second kappa shape index (κ2) is 4.18. The molecule has 0 radical (unpaired) electrons. The molecule has 5 nitrogen and oxygen atoms in total. The van der Waals surface area contributed by atoms with E-state index >= 15 is 0 Å². The van der Waals surface area contributed by atoms with Crippen LogP contribution in [0.3, 0.4) is 0 Å². The number of carbonyl (C=O) groups is 1. The molecular formula is C9H5BrN2O3S. The number of carbonyl (C=O) groups excluding carboxylic acids is 1. The van der Waals surface area contributed by atoms with Gasteiger partial charge in [-0.1, -0.05) is 20.3 Å². The fraction of sp³-hybridized carbons (Fsp3) is 0. The SMILES string of the molecule is O=C(N=S(=O)=O)c1cc2cc(Br)ccc2[nH]1. The third-order valence-corrected chi connectivity index (χ3v) is 2.78. The van der Waals surface area contributed by atoms with Gasteiger partial charge in [0.25, 0.3) is 0 Å². The van der Waals surface area contributed by atoms with Gasteiger partial charge in [-0.3, -0.25) is 4.79 Å². The Kier molecular flexibility index (Phi) is 2.88. The van der Waals surface area contributed by atoms with Crippen molar-refractivity contribution in [1.82, 2.24) is 4.98 Å². The van der Waals surface area contributed by atoms with Gasteiger partial charge in [0, 0.05) is 15.4 Å². The second-order valence-electron chi connectivity index (χ2n) is 3.03. The van der Waals surface area contributed by atoms with Crippen molar-refractivity contribution in [3.8, 4) is 0 Å². The van der Waals surface area contributed by atoms with E-state index in [2.05, 4.69) is 25.3 Å². The molecule has 0 unspecified atom stereocenters. The van der Waals surface area contributed by atoms with Crippen LogP contribution in [0.1, 0.15) is 10.5 Å². The number of nitrogens with one attached hydrogen (secondary N) is 1. The highest BCUT2D eigenvalue weighted by atomic mass is 79.9. The van der Waals surface area contributed by atoms with Gasteiger partial charge in [0.05, 0.1) is 0 Å². The Balaban J connectivity index is 2.55. The lowest BCUT2D eigenvalue weighted by Gasteiger charge is -1.89. The maximum Gasteiger partial charge on any atom is 0.319 e. The maximum atomic E-state index is 11.3. The summed E-state index contributed by atoms with van der Waals surface area (Å²) in [5, 5.41) is 0.810. The van der Waals surface area contributed by atoms with Crippen molar-refractivity contribution in [1.29, 1.82) is 0 Å². The molecule has 1 aromatic heterocycles. The first-order chi connectivity index (χ1) is 7.56. The smallest absolute Gasteiger partial charge is 0.319 e. The normalized spacial score (nSPS) is 10.3. The van der Waals surface area contributed by atoms with Crippen molar-refractivity contribution < 1.29 is 13.2 Å². The summed E-state index contributed by atoms with van der Waals surface area (Å²) in [6.07, 6.45) is 0. The molecule has 0 bridgehead atoms. The predicted molar refractivity (Wildman–Crippen MR) is 61.7 cm³/mol. The van der Waals surface area contributed by atoms with E-state index in [1.165, 1.54) is 0 Å². The average Bonchev–Trinajstić information content (AvgIpc) is 2.59. The van der Waals surface area contributed by atoms with Crippen LogP contribution in [0, 0.1) is 0 Å². The van der Waals surface area contributed by atoms with Crippen LogP contribution < -0.4 is 0 Å². The number of H-pyrrole nitrogens is 1. The summed E-state index contributed by atoms with van der Waals surface area (Å²) in [7, 11) is -2.73. The van der Waals surface area contributed by atoms with Gasteiger partial charge < -0.3 is 4.98 Å². The number of aromatic amines is 1. The summed E-state index contributed by atoms with van der Waals surface area (Å²) in [6.45, 7) is 0. The first-order valence-electron chi connectivity index (χ1n) is 4.20. The van der Waals surface area contributed by atoms with Crippen LogP contribution in [0.5, 0.6) is 0 Å². The van der Waals surface area contributed by atoms with E-state index in [1.807, 2.05) is 12.1 Å². The number of hydrogen-bond acceptors (Lipinski definition) is 3. The van der Waals surface area contributed by atoms with Gasteiger partial charge in [0.2, 0.25) is 0 Å². The summed E-state index contributed by atoms with van der Waals surface area (Å²) < 4.78 is 24.3. The number of benzene rings is 1. The molecule has 82 valence electrons. The molecule has 0 saturated carbocycles. The van der Waals surface area contributed by atoms with E-state index in [1.54, 1.807) is 12.1 Å². The lowest BCUT2D eigenvalue weighted by atomic mass is 10.2. The van der Waals surface area contributed by atoms with E-state index in [-0.39, 0.29) is 5.69 Å². The molecule has 1 heterocycles. The number of amides is 1. The standard InChI is InChI=1S/C9H5BrN2O3S/c10-6-1-2-7-5(3-6)4-8(11-7)9(13)12-16(14)15/h1-4,11H. The molecule has 1 N–H and O–H groups in total. The van der Waals surface area contributed by atoms with Crippen LogP contribution in [0.4, 0.5) is 0 Å². The van der Waals surface area contributed by atoms with Crippen molar-refractivity contribution >= 4 is 43.2 Å². The van der Waals surface area contributed by atoms with Crippen molar-refractivity contribution in [3.63, 3.8) is 0 Å². The number of hydrogen-bond donors (Lipinski definition) is 1. The summed E-state index contributed by atoms with van der Waals surface area (Å²) in [4.78, 5) is 14.1. The molecule has 0 aliphatic rings. The molecule has 2 rings (SSSR count). The minimum Gasteiger partial charge on any atom is -0.350 e. The molecule has 7 heteroatoms. The first-order valence-corrected chi connectivity index (χ1v) is 6.02. The highest BCUT2D eigenvalue weighted by Gasteiger charge is 2.08. The number of rotatable bonds is 1. The quantitative estimate of drug-likeness (QED) is 0.876. The summed E-state index contributed by atoms with van der Waals surface area (Å²) in [6, 6.07) is 6.97. The van der Waals surface area contributed by atoms with Gasteiger partial charge in [-0.15, -0.1) is 0 Å². The molecule has 0 aliphatic heterocycles. The zero-order valence-corrected chi connectivity index (χ0v) is 10.2. The lowest BCUT2D eigenvalue weighted by Crippen LogP contribution is -1.93. The Bertz CT molecular complexity index is 695. The number of fused-ring (bicyclic) bond motifs is 1. The van der Waals surface area contributed by atoms with Crippen LogP contribution >= 0.6 is 15.9 Å². The van der Waals surface area contributed by atoms with Gasteiger partial charge in [-0.05, 0) is 24.3 Å². The fourth-order valence-electron chi connectivity index (χ4n) is 1.34. The molecule has 1 amide bonds. The van der Waals surface area contributed by atoms with Crippen LogP contribution in [0.2, 0.25) is 0 Å². The van der Waals surface area contributed by atoms with Gasteiger partial charge in [-0.25, -0.2) is 0 Å². The van der Waals surface area contributed by atoms with Crippen LogP contribution in [0.25, 0.3) is 10.9 Å². The van der Waals surface area contributed by atoms with Crippen LogP contribution in [-0.4, -0.2) is 19.3 Å². The number of halogens is 1. The minimum atomic E-state index is -2.73. The Morgan fingerprint density at radius 3 is 2.75 bits per heavy atom. The molecule has 0 aliphatic carbocycles. The Morgan fingerprint density at radius 2 is 2.06 bits per heavy atom. The van der Waals surface area contributed by atoms with Gasteiger partial charge in [-0.2, -0.15) is 8.42 Å². The van der Waals surface area contributed by atoms with Crippen LogP contribution in [0.15, 0.2) is 33.1 Å². The van der Waals surface area contributed by atoms with Gasteiger partial charge in [0.15, 0.2) is 0 Å². The van der Waals surface area contributed by atoms with Gasteiger partial charge in [0.1, 0.15) is 5.69 Å². The molecule has 0 spiro atoms. The summed E-state index contributed by atoms with van der Waals surface area (Å²) in [5.74, 6) is -0.805. The summed E-state index contributed by atoms with van der Waals surface area (Å²) >= 11 is 3.30. The van der Waals surface area contributed by atoms with Crippen molar-refractivity contribution in [2.24, 2.45) is 4.36 Å². The van der Waals surface area contributed by atoms with E-state index in [4.69, 9.17) is 0 Å². The molecule has 0 atom stereocenters. The molecule has 0 fully saturated rings. The van der Waals surface area contributed by atoms with E-state index in [0.717, 1.165) is 15.4 Å². The van der Waals surface area contributed by atoms with Crippen molar-refractivity contribution in [2.75, 3.05) is 0 Å². The van der Waals surface area contributed by atoms with E-state index < -0.39 is 16.4 Å². The average molecular weight is 301 g/mol. The van der Waals surface area contributed by atoms with Crippen molar-refractivity contribution in [2.45, 2.75) is 0 Å². The molecular weight excluding hydrogens is 296 g/mol. The Labute approximate surface area is 100 Å². The predicted octanol–water partition coefficient (Wildman–Crippen LogP) is 2.13. The monoisotopic (exact) mass is 300 g/mol. The Morgan fingerprint density at radius 1 is 1.31 bits per heavy atom. The molecule has 0 saturated heterocycles. The number of aromatic nitrogens is 1. The fourth-order valence-corrected chi connectivity index (χ4v) is 1.95.